The number of ether oxygens (including phenoxy) is 3. The van der Waals surface area contributed by atoms with Gasteiger partial charge >= 0.3 is 0 Å². The van der Waals surface area contributed by atoms with Crippen molar-refractivity contribution in [2.75, 3.05) is 20.3 Å². The van der Waals surface area contributed by atoms with Crippen molar-refractivity contribution in [3.05, 3.63) is 71.8 Å². The SMILES string of the molecule is C=CCc1ccc(OCCOc2cccc(/C=C3\C(=N)N4N=C(C)SC4=NC3=O)c2)c(OC)c1. The summed E-state index contributed by atoms with van der Waals surface area (Å²) < 4.78 is 17.0. The minimum absolute atomic E-state index is 0.00660. The van der Waals surface area contributed by atoms with Crippen LogP contribution in [0.3, 0.4) is 0 Å². The Morgan fingerprint density at radius 3 is 2.76 bits per heavy atom. The van der Waals surface area contributed by atoms with Gasteiger partial charge in [0, 0.05) is 0 Å². The van der Waals surface area contributed by atoms with E-state index in [0.29, 0.717) is 35.6 Å². The third-order valence-electron chi connectivity index (χ3n) is 4.94. The second-order valence-corrected chi connectivity index (χ2v) is 8.55. The van der Waals surface area contributed by atoms with Crippen molar-refractivity contribution < 1.29 is 19.0 Å². The van der Waals surface area contributed by atoms with Crippen molar-refractivity contribution in [2.24, 2.45) is 10.1 Å². The van der Waals surface area contributed by atoms with Gasteiger partial charge in [-0.3, -0.25) is 10.2 Å². The van der Waals surface area contributed by atoms with Gasteiger partial charge in [0.25, 0.3) is 5.91 Å². The topological polar surface area (TPSA) is 96.6 Å². The van der Waals surface area contributed by atoms with Gasteiger partial charge in [0.2, 0.25) is 5.17 Å². The van der Waals surface area contributed by atoms with Gasteiger partial charge in [-0.2, -0.15) is 15.1 Å². The first kappa shape index (κ1) is 23.3. The van der Waals surface area contributed by atoms with Gasteiger partial charge in [-0.05, 0) is 66.6 Å². The third-order valence-corrected chi connectivity index (χ3v) is 5.77. The number of nitrogens with zero attached hydrogens (tertiary/aromatic N) is 3. The number of methoxy groups -OCH3 is 1. The number of aliphatic imine (C=N–C) groups is 1. The smallest absolute Gasteiger partial charge is 0.283 e. The number of amides is 1. The van der Waals surface area contributed by atoms with Gasteiger partial charge in [-0.15, -0.1) is 6.58 Å². The van der Waals surface area contributed by atoms with Gasteiger partial charge in [-0.25, -0.2) is 0 Å². The number of carbonyl (C=O) groups excluding carboxylic acids is 1. The summed E-state index contributed by atoms with van der Waals surface area (Å²) in [6, 6.07) is 13.1. The molecule has 8 nitrogen and oxygen atoms in total. The zero-order chi connectivity index (χ0) is 24.1. The number of amidine groups is 2. The number of hydrogen-bond acceptors (Lipinski definition) is 7. The number of nitrogens with one attached hydrogen (secondary N) is 1. The number of carbonyl (C=O) groups is 1. The molecule has 0 fully saturated rings. The van der Waals surface area contributed by atoms with Gasteiger partial charge in [0.15, 0.2) is 17.3 Å². The molecule has 0 atom stereocenters. The Morgan fingerprint density at radius 2 is 1.97 bits per heavy atom. The molecule has 2 aliphatic heterocycles. The second kappa shape index (κ2) is 10.4. The van der Waals surface area contributed by atoms with Gasteiger partial charge in [0.05, 0.1) is 17.7 Å². The van der Waals surface area contributed by atoms with E-state index >= 15 is 0 Å². The molecule has 0 spiro atoms. The van der Waals surface area contributed by atoms with E-state index in [9.17, 15) is 4.79 Å². The number of hydrogen-bond donors (Lipinski definition) is 1. The van der Waals surface area contributed by atoms with E-state index in [1.807, 2.05) is 49.4 Å². The van der Waals surface area contributed by atoms with E-state index in [1.165, 1.54) is 16.8 Å². The molecular weight excluding hydrogens is 452 g/mol. The Balaban J connectivity index is 1.38. The lowest BCUT2D eigenvalue weighted by Crippen LogP contribution is -2.35. The summed E-state index contributed by atoms with van der Waals surface area (Å²) >= 11 is 1.28. The first-order valence-electron chi connectivity index (χ1n) is 10.6. The Kier molecular flexibility index (Phi) is 7.12. The maximum absolute atomic E-state index is 12.4. The average molecular weight is 477 g/mol. The lowest BCUT2D eigenvalue weighted by atomic mass is 10.1. The summed E-state index contributed by atoms with van der Waals surface area (Å²) in [5, 5.41) is 15.1. The number of hydrazone groups is 1. The number of allylic oxidation sites excluding steroid dienone is 1. The third kappa shape index (κ3) is 5.20. The molecule has 0 radical (unpaired) electrons. The van der Waals surface area contributed by atoms with Crippen LogP contribution in [0.1, 0.15) is 18.1 Å². The molecule has 2 aromatic rings. The van der Waals surface area contributed by atoms with Crippen molar-refractivity contribution in [3.8, 4) is 17.2 Å². The van der Waals surface area contributed by atoms with Crippen LogP contribution in [0.2, 0.25) is 0 Å². The highest BCUT2D eigenvalue weighted by Crippen LogP contribution is 2.29. The normalized spacial score (nSPS) is 16.2. The zero-order valence-electron chi connectivity index (χ0n) is 18.9. The monoisotopic (exact) mass is 476 g/mol. The molecule has 2 aliphatic rings. The molecule has 9 heteroatoms. The van der Waals surface area contributed by atoms with Crippen molar-refractivity contribution in [3.63, 3.8) is 0 Å². The van der Waals surface area contributed by atoms with E-state index in [1.54, 1.807) is 19.3 Å². The molecule has 1 amide bonds. The molecule has 0 bridgehead atoms. The Hall–Kier alpha value is -3.85. The fraction of sp³-hybridized carbons (Fsp3) is 0.200. The zero-order valence-corrected chi connectivity index (χ0v) is 19.7. The highest BCUT2D eigenvalue weighted by molar-refractivity contribution is 8.26. The number of fused-ring (bicyclic) bond motifs is 1. The fourth-order valence-electron chi connectivity index (χ4n) is 3.38. The van der Waals surface area contributed by atoms with Crippen LogP contribution in [0.15, 0.2) is 70.8 Å². The summed E-state index contributed by atoms with van der Waals surface area (Å²) in [6.07, 6.45) is 4.22. The maximum Gasteiger partial charge on any atom is 0.283 e. The number of benzene rings is 2. The molecule has 2 aromatic carbocycles. The summed E-state index contributed by atoms with van der Waals surface area (Å²) in [5.41, 5.74) is 1.99. The summed E-state index contributed by atoms with van der Waals surface area (Å²) in [7, 11) is 1.61. The first-order valence-corrected chi connectivity index (χ1v) is 11.4. The quantitative estimate of drug-likeness (QED) is 0.325. The molecule has 0 aliphatic carbocycles. The first-order chi connectivity index (χ1) is 16.5. The van der Waals surface area contributed by atoms with E-state index < -0.39 is 5.91 Å². The molecular formula is C25H24N4O4S. The molecule has 0 aromatic heterocycles. The molecule has 4 rings (SSSR count). The highest BCUT2D eigenvalue weighted by atomic mass is 32.2. The van der Waals surface area contributed by atoms with Crippen molar-refractivity contribution in [2.45, 2.75) is 13.3 Å². The van der Waals surface area contributed by atoms with E-state index in [2.05, 4.69) is 16.7 Å². The Labute approximate surface area is 202 Å². The molecule has 34 heavy (non-hydrogen) atoms. The Bertz CT molecular complexity index is 1240. The van der Waals surface area contributed by atoms with E-state index in [4.69, 9.17) is 19.6 Å². The highest BCUT2D eigenvalue weighted by Gasteiger charge is 2.34. The van der Waals surface area contributed by atoms with Crippen molar-refractivity contribution >= 4 is 39.8 Å². The van der Waals surface area contributed by atoms with Crippen LogP contribution in [0, 0.1) is 5.41 Å². The number of rotatable bonds is 9. The Morgan fingerprint density at radius 1 is 1.15 bits per heavy atom. The molecule has 174 valence electrons. The predicted molar refractivity (Wildman–Crippen MR) is 135 cm³/mol. The minimum atomic E-state index is -0.457. The molecule has 0 saturated carbocycles. The van der Waals surface area contributed by atoms with Gasteiger partial charge in [-0.1, -0.05) is 24.3 Å². The molecule has 1 N–H and O–H groups in total. The van der Waals surface area contributed by atoms with Crippen molar-refractivity contribution in [1.29, 1.82) is 5.41 Å². The van der Waals surface area contributed by atoms with Crippen LogP contribution >= 0.6 is 11.8 Å². The summed E-state index contributed by atoms with van der Waals surface area (Å²) in [5.74, 6) is 1.48. The standard InChI is InChI=1S/C25H24N4O4S/c1-4-6-17-9-10-21(22(15-17)31-3)33-12-11-32-19-8-5-7-18(13-19)14-20-23(26)29-25(27-24(20)30)34-16(2)28-29/h4-5,7-10,13-15,26H,1,6,11-12H2,2-3H3/b20-14+,26-23?. The molecule has 2 heterocycles. The maximum atomic E-state index is 12.4. The van der Waals surface area contributed by atoms with Gasteiger partial charge < -0.3 is 14.2 Å². The predicted octanol–water partition coefficient (Wildman–Crippen LogP) is 4.52. The lowest BCUT2D eigenvalue weighted by molar-refractivity contribution is -0.114. The largest absolute Gasteiger partial charge is 0.493 e. The fourth-order valence-corrected chi connectivity index (χ4v) is 4.12. The van der Waals surface area contributed by atoms with Crippen LogP contribution in [-0.4, -0.2) is 47.3 Å². The van der Waals surface area contributed by atoms with Crippen molar-refractivity contribution in [1.82, 2.24) is 5.01 Å². The minimum Gasteiger partial charge on any atom is -0.493 e. The second-order valence-electron chi connectivity index (χ2n) is 7.39. The van der Waals surface area contributed by atoms with Crippen LogP contribution in [0.5, 0.6) is 17.2 Å². The van der Waals surface area contributed by atoms with Crippen LogP contribution in [0.25, 0.3) is 6.08 Å². The summed E-state index contributed by atoms with van der Waals surface area (Å²) in [4.78, 5) is 16.5. The van der Waals surface area contributed by atoms with E-state index in [0.717, 1.165) is 22.6 Å². The van der Waals surface area contributed by atoms with Crippen LogP contribution in [0.4, 0.5) is 0 Å². The van der Waals surface area contributed by atoms with Crippen LogP contribution < -0.4 is 14.2 Å². The lowest BCUT2D eigenvalue weighted by Gasteiger charge is -2.20. The molecule has 0 saturated heterocycles. The van der Waals surface area contributed by atoms with Crippen LogP contribution in [-0.2, 0) is 11.2 Å². The van der Waals surface area contributed by atoms with Gasteiger partial charge in [0.1, 0.15) is 19.0 Å². The van der Waals surface area contributed by atoms with E-state index in [-0.39, 0.29) is 11.4 Å². The average Bonchev–Trinajstić information content (AvgIpc) is 3.20. The summed E-state index contributed by atoms with van der Waals surface area (Å²) in [6.45, 7) is 6.21. The molecule has 0 unspecified atom stereocenters. The number of thioether (sulfide) groups is 1.